The summed E-state index contributed by atoms with van der Waals surface area (Å²) >= 11 is 0. The molecular formula is C22H25N3O4. The Kier molecular flexibility index (Phi) is 5.40. The first-order valence-electron chi connectivity index (χ1n) is 9.74. The number of hydrogen-bond acceptors (Lipinski definition) is 5. The number of benzene rings is 2. The predicted octanol–water partition coefficient (Wildman–Crippen LogP) is 2.20. The van der Waals surface area contributed by atoms with Gasteiger partial charge in [0, 0.05) is 19.6 Å². The van der Waals surface area contributed by atoms with Crippen molar-refractivity contribution in [3.05, 3.63) is 59.2 Å². The summed E-state index contributed by atoms with van der Waals surface area (Å²) in [7, 11) is 3.28. The summed E-state index contributed by atoms with van der Waals surface area (Å²) in [5.41, 5.74) is 3.55. The fraction of sp³-hybridized carbons (Fsp3) is 0.364. The van der Waals surface area contributed by atoms with E-state index in [0.717, 1.165) is 29.8 Å². The van der Waals surface area contributed by atoms with E-state index < -0.39 is 0 Å². The van der Waals surface area contributed by atoms with Gasteiger partial charge in [-0.05, 0) is 35.2 Å². The molecule has 1 saturated heterocycles. The number of imide groups is 1. The Morgan fingerprint density at radius 2 is 1.76 bits per heavy atom. The first-order chi connectivity index (χ1) is 14.1. The molecular weight excluding hydrogens is 370 g/mol. The number of rotatable bonds is 6. The van der Waals surface area contributed by atoms with Crippen LogP contribution in [0.1, 0.15) is 22.7 Å². The number of nitrogens with one attached hydrogen (secondary N) is 1. The molecule has 29 heavy (non-hydrogen) atoms. The molecule has 1 fully saturated rings. The number of fused-ring (bicyclic) bond motifs is 1. The lowest BCUT2D eigenvalue weighted by molar-refractivity contribution is -0.125. The SMILES string of the molecule is COc1cc2c(cc1OC)[C@@H](c1ccccc1)N(CCN1C(=O)CNC1=O)CC2. The van der Waals surface area contributed by atoms with Crippen LogP contribution in [0.4, 0.5) is 4.79 Å². The molecule has 2 aromatic carbocycles. The molecule has 0 aliphatic carbocycles. The predicted molar refractivity (Wildman–Crippen MR) is 108 cm³/mol. The minimum absolute atomic E-state index is 0.0144. The van der Waals surface area contributed by atoms with Crippen LogP contribution in [0, 0.1) is 0 Å². The van der Waals surface area contributed by atoms with Gasteiger partial charge in [-0.3, -0.25) is 14.6 Å². The van der Waals surface area contributed by atoms with Gasteiger partial charge in [-0.2, -0.15) is 0 Å². The van der Waals surface area contributed by atoms with E-state index in [9.17, 15) is 9.59 Å². The van der Waals surface area contributed by atoms with Crippen molar-refractivity contribution in [2.45, 2.75) is 12.5 Å². The maximum absolute atomic E-state index is 12.0. The zero-order valence-corrected chi connectivity index (χ0v) is 16.7. The highest BCUT2D eigenvalue weighted by Crippen LogP contribution is 2.40. The van der Waals surface area contributed by atoms with Crippen molar-refractivity contribution in [1.82, 2.24) is 15.1 Å². The molecule has 152 valence electrons. The number of amides is 3. The summed E-state index contributed by atoms with van der Waals surface area (Å²) in [4.78, 5) is 27.5. The maximum Gasteiger partial charge on any atom is 0.324 e. The van der Waals surface area contributed by atoms with Crippen molar-refractivity contribution < 1.29 is 19.1 Å². The van der Waals surface area contributed by atoms with E-state index in [-0.39, 0.29) is 24.5 Å². The van der Waals surface area contributed by atoms with Gasteiger partial charge in [-0.1, -0.05) is 30.3 Å². The standard InChI is InChI=1S/C22H25N3O4/c1-28-18-12-16-8-9-24(10-11-25-20(26)14-23-22(25)27)21(15-6-4-3-5-7-15)17(16)13-19(18)29-2/h3-7,12-13,21H,8-11,14H2,1-2H3,(H,23,27)/t21-/m1/s1. The lowest BCUT2D eigenvalue weighted by Crippen LogP contribution is -2.43. The van der Waals surface area contributed by atoms with Gasteiger partial charge in [-0.15, -0.1) is 0 Å². The zero-order valence-electron chi connectivity index (χ0n) is 16.7. The molecule has 2 aliphatic rings. The smallest absolute Gasteiger partial charge is 0.324 e. The van der Waals surface area contributed by atoms with Crippen molar-refractivity contribution in [3.63, 3.8) is 0 Å². The average molecular weight is 395 g/mol. The highest BCUT2D eigenvalue weighted by molar-refractivity contribution is 6.01. The molecule has 4 rings (SSSR count). The van der Waals surface area contributed by atoms with Gasteiger partial charge in [0.2, 0.25) is 5.91 Å². The van der Waals surface area contributed by atoms with Crippen LogP contribution < -0.4 is 14.8 Å². The summed E-state index contributed by atoms with van der Waals surface area (Å²) in [5, 5.41) is 2.58. The Morgan fingerprint density at radius 3 is 2.41 bits per heavy atom. The summed E-state index contributed by atoms with van der Waals surface area (Å²) < 4.78 is 11.0. The van der Waals surface area contributed by atoms with Gasteiger partial charge >= 0.3 is 6.03 Å². The molecule has 0 spiro atoms. The third kappa shape index (κ3) is 3.65. The number of carbonyl (C=O) groups excluding carboxylic acids is 2. The largest absolute Gasteiger partial charge is 0.493 e. The van der Waals surface area contributed by atoms with E-state index in [1.165, 1.54) is 10.5 Å². The molecule has 0 radical (unpaired) electrons. The third-order valence-corrected chi connectivity index (χ3v) is 5.64. The highest BCUT2D eigenvalue weighted by atomic mass is 16.5. The number of carbonyl (C=O) groups is 2. The number of urea groups is 1. The Morgan fingerprint density at radius 1 is 1.03 bits per heavy atom. The van der Waals surface area contributed by atoms with Crippen LogP contribution in [0.15, 0.2) is 42.5 Å². The van der Waals surface area contributed by atoms with Gasteiger partial charge in [0.25, 0.3) is 0 Å². The molecule has 0 bridgehead atoms. The van der Waals surface area contributed by atoms with E-state index in [0.29, 0.717) is 18.8 Å². The minimum atomic E-state index is -0.310. The Balaban J connectivity index is 1.67. The lowest BCUT2D eigenvalue weighted by atomic mass is 9.87. The van der Waals surface area contributed by atoms with Crippen molar-refractivity contribution >= 4 is 11.9 Å². The second-order valence-electron chi connectivity index (χ2n) is 7.21. The van der Waals surface area contributed by atoms with E-state index in [2.05, 4.69) is 28.4 Å². The molecule has 0 aromatic heterocycles. The van der Waals surface area contributed by atoms with Crippen LogP contribution in [0.3, 0.4) is 0 Å². The number of ether oxygens (including phenoxy) is 2. The first-order valence-corrected chi connectivity index (χ1v) is 9.74. The number of hydrogen-bond donors (Lipinski definition) is 1. The van der Waals surface area contributed by atoms with Gasteiger partial charge < -0.3 is 14.8 Å². The fourth-order valence-corrected chi connectivity index (χ4v) is 4.17. The minimum Gasteiger partial charge on any atom is -0.493 e. The number of nitrogens with zero attached hydrogens (tertiary/aromatic N) is 2. The summed E-state index contributed by atoms with van der Waals surface area (Å²) in [6, 6.07) is 14.1. The maximum atomic E-state index is 12.0. The summed E-state index contributed by atoms with van der Waals surface area (Å²) in [6.07, 6.45) is 0.860. The third-order valence-electron chi connectivity index (χ3n) is 5.64. The van der Waals surface area contributed by atoms with Gasteiger partial charge in [0.15, 0.2) is 11.5 Å². The van der Waals surface area contributed by atoms with E-state index >= 15 is 0 Å². The topological polar surface area (TPSA) is 71.1 Å². The highest BCUT2D eigenvalue weighted by Gasteiger charge is 2.33. The van der Waals surface area contributed by atoms with Gasteiger partial charge in [0.1, 0.15) is 0 Å². The zero-order chi connectivity index (χ0) is 20.4. The second-order valence-corrected chi connectivity index (χ2v) is 7.21. The van der Waals surface area contributed by atoms with Crippen LogP contribution in [-0.4, -0.2) is 62.1 Å². The normalized spacial score (nSPS) is 19.1. The van der Waals surface area contributed by atoms with Crippen LogP contribution in [0.5, 0.6) is 11.5 Å². The van der Waals surface area contributed by atoms with E-state index in [1.54, 1.807) is 14.2 Å². The first kappa shape index (κ1) is 19.3. The molecule has 7 heteroatoms. The average Bonchev–Trinajstić information content (AvgIpc) is 3.08. The van der Waals surface area contributed by atoms with Crippen molar-refractivity contribution in [1.29, 1.82) is 0 Å². The van der Waals surface area contributed by atoms with Gasteiger partial charge in [-0.25, -0.2) is 4.79 Å². The van der Waals surface area contributed by atoms with Gasteiger partial charge in [0.05, 0.1) is 26.8 Å². The summed E-state index contributed by atoms with van der Waals surface area (Å²) in [6.45, 7) is 1.88. The number of methoxy groups -OCH3 is 2. The molecule has 2 aliphatic heterocycles. The second kappa shape index (κ2) is 8.13. The van der Waals surface area contributed by atoms with Crippen LogP contribution in [-0.2, 0) is 11.2 Å². The van der Waals surface area contributed by atoms with E-state index in [4.69, 9.17) is 9.47 Å². The molecule has 1 N–H and O–H groups in total. The molecule has 2 heterocycles. The fourth-order valence-electron chi connectivity index (χ4n) is 4.17. The van der Waals surface area contributed by atoms with Crippen molar-refractivity contribution in [2.75, 3.05) is 40.4 Å². The van der Waals surface area contributed by atoms with Crippen LogP contribution >= 0.6 is 0 Å². The Hall–Kier alpha value is -3.06. The van der Waals surface area contributed by atoms with Crippen LogP contribution in [0.2, 0.25) is 0 Å². The monoisotopic (exact) mass is 395 g/mol. The quantitative estimate of drug-likeness (QED) is 0.760. The molecule has 3 amide bonds. The Bertz CT molecular complexity index is 900. The molecule has 7 nitrogen and oxygen atoms in total. The molecule has 2 aromatic rings. The lowest BCUT2D eigenvalue weighted by Gasteiger charge is -2.38. The molecule has 1 atom stereocenters. The molecule has 0 saturated carbocycles. The molecule has 0 unspecified atom stereocenters. The van der Waals surface area contributed by atoms with E-state index in [1.807, 2.05) is 24.3 Å². The van der Waals surface area contributed by atoms with Crippen molar-refractivity contribution in [2.24, 2.45) is 0 Å². The Labute approximate surface area is 170 Å². The van der Waals surface area contributed by atoms with Crippen molar-refractivity contribution in [3.8, 4) is 11.5 Å². The van der Waals surface area contributed by atoms with Crippen LogP contribution in [0.25, 0.3) is 0 Å². The summed E-state index contributed by atoms with van der Waals surface area (Å²) in [5.74, 6) is 1.25.